The summed E-state index contributed by atoms with van der Waals surface area (Å²) in [7, 11) is 1.31. The van der Waals surface area contributed by atoms with Gasteiger partial charge in [0.2, 0.25) is 5.91 Å². The molecule has 2 aromatic rings. The summed E-state index contributed by atoms with van der Waals surface area (Å²) >= 11 is 0. The number of urea groups is 1. The molecule has 0 aromatic heterocycles. The lowest BCUT2D eigenvalue weighted by atomic mass is 10.2. The van der Waals surface area contributed by atoms with Crippen LogP contribution in [-0.4, -0.2) is 44.2 Å². The standard InChI is InChI=1S/C21H23N3O5/c1-3-29-18-10-8-17(9-11-18)24-13-16(12-19(24)25)23-21(27)22-15-6-4-14(5-7-15)20(26)28-2/h4-11,16H,3,12-13H2,1-2H3,(H2,22,23,27). The van der Waals surface area contributed by atoms with E-state index in [9.17, 15) is 14.4 Å². The highest BCUT2D eigenvalue weighted by molar-refractivity contribution is 5.98. The van der Waals surface area contributed by atoms with Gasteiger partial charge < -0.3 is 25.0 Å². The van der Waals surface area contributed by atoms with Crippen molar-refractivity contribution >= 4 is 29.3 Å². The van der Waals surface area contributed by atoms with E-state index in [1.54, 1.807) is 29.2 Å². The Bertz CT molecular complexity index is 880. The van der Waals surface area contributed by atoms with Crippen LogP contribution in [0.1, 0.15) is 23.7 Å². The molecule has 1 atom stereocenters. The molecular weight excluding hydrogens is 374 g/mol. The number of carbonyl (C=O) groups is 3. The molecule has 0 bridgehead atoms. The number of nitrogens with zero attached hydrogens (tertiary/aromatic N) is 1. The van der Waals surface area contributed by atoms with Crippen LogP contribution < -0.4 is 20.3 Å². The topological polar surface area (TPSA) is 97.0 Å². The fourth-order valence-electron chi connectivity index (χ4n) is 3.10. The Labute approximate surface area is 168 Å². The van der Waals surface area contributed by atoms with Crippen molar-refractivity contribution in [2.24, 2.45) is 0 Å². The number of benzene rings is 2. The molecule has 8 nitrogen and oxygen atoms in total. The van der Waals surface area contributed by atoms with Gasteiger partial charge in [0, 0.05) is 24.3 Å². The molecule has 0 spiro atoms. The zero-order valence-corrected chi connectivity index (χ0v) is 16.3. The first kappa shape index (κ1) is 20.2. The van der Waals surface area contributed by atoms with Gasteiger partial charge in [-0.3, -0.25) is 4.79 Å². The fourth-order valence-corrected chi connectivity index (χ4v) is 3.10. The predicted molar refractivity (Wildman–Crippen MR) is 108 cm³/mol. The average molecular weight is 397 g/mol. The minimum atomic E-state index is -0.445. The van der Waals surface area contributed by atoms with E-state index in [4.69, 9.17) is 4.74 Å². The van der Waals surface area contributed by atoms with E-state index < -0.39 is 12.0 Å². The number of methoxy groups -OCH3 is 1. The van der Waals surface area contributed by atoms with E-state index in [0.717, 1.165) is 11.4 Å². The second-order valence-corrected chi connectivity index (χ2v) is 6.50. The first-order valence-corrected chi connectivity index (χ1v) is 9.29. The van der Waals surface area contributed by atoms with Crippen LogP contribution in [0.2, 0.25) is 0 Å². The van der Waals surface area contributed by atoms with Gasteiger partial charge in [-0.15, -0.1) is 0 Å². The average Bonchev–Trinajstić information content (AvgIpc) is 3.08. The number of hydrogen-bond donors (Lipinski definition) is 2. The van der Waals surface area contributed by atoms with Gasteiger partial charge in [-0.1, -0.05) is 0 Å². The largest absolute Gasteiger partial charge is 0.494 e. The van der Waals surface area contributed by atoms with Gasteiger partial charge in [0.25, 0.3) is 0 Å². The molecule has 1 unspecified atom stereocenters. The number of nitrogens with one attached hydrogen (secondary N) is 2. The van der Waals surface area contributed by atoms with Gasteiger partial charge in [0.1, 0.15) is 5.75 Å². The van der Waals surface area contributed by atoms with Crippen LogP contribution in [0.5, 0.6) is 5.75 Å². The highest BCUT2D eigenvalue weighted by atomic mass is 16.5. The van der Waals surface area contributed by atoms with Crippen molar-refractivity contribution in [1.29, 1.82) is 0 Å². The third-order valence-corrected chi connectivity index (χ3v) is 4.48. The number of carbonyl (C=O) groups excluding carboxylic acids is 3. The lowest BCUT2D eigenvalue weighted by Gasteiger charge is -2.18. The molecule has 2 aromatic carbocycles. The van der Waals surface area contributed by atoms with Gasteiger partial charge in [-0.05, 0) is 55.5 Å². The van der Waals surface area contributed by atoms with Crippen molar-refractivity contribution in [2.45, 2.75) is 19.4 Å². The molecule has 1 fully saturated rings. The summed E-state index contributed by atoms with van der Waals surface area (Å²) in [4.78, 5) is 37.7. The SMILES string of the molecule is CCOc1ccc(N2CC(NC(=O)Nc3ccc(C(=O)OC)cc3)CC2=O)cc1. The molecule has 0 aliphatic carbocycles. The Kier molecular flexibility index (Phi) is 6.33. The third kappa shape index (κ3) is 5.04. The van der Waals surface area contributed by atoms with Crippen molar-refractivity contribution in [2.75, 3.05) is 30.5 Å². The molecule has 2 N–H and O–H groups in total. The summed E-state index contributed by atoms with van der Waals surface area (Å²) < 4.78 is 10.1. The first-order chi connectivity index (χ1) is 14.0. The van der Waals surface area contributed by atoms with Crippen molar-refractivity contribution in [1.82, 2.24) is 5.32 Å². The van der Waals surface area contributed by atoms with Crippen molar-refractivity contribution in [3.8, 4) is 5.75 Å². The molecule has 1 aliphatic heterocycles. The number of rotatable bonds is 6. The van der Waals surface area contributed by atoms with Gasteiger partial charge in [-0.2, -0.15) is 0 Å². The zero-order valence-electron chi connectivity index (χ0n) is 16.3. The third-order valence-electron chi connectivity index (χ3n) is 4.48. The maximum absolute atomic E-state index is 12.3. The normalized spacial score (nSPS) is 15.7. The Morgan fingerprint density at radius 1 is 1.10 bits per heavy atom. The molecular formula is C21H23N3O5. The quantitative estimate of drug-likeness (QED) is 0.731. The van der Waals surface area contributed by atoms with E-state index in [1.165, 1.54) is 7.11 Å². The lowest BCUT2D eigenvalue weighted by Crippen LogP contribution is -2.39. The molecule has 1 heterocycles. The number of esters is 1. The predicted octanol–water partition coefficient (Wildman–Crippen LogP) is 2.80. The van der Waals surface area contributed by atoms with E-state index >= 15 is 0 Å². The molecule has 1 saturated heterocycles. The Morgan fingerprint density at radius 2 is 1.79 bits per heavy atom. The van der Waals surface area contributed by atoms with Crippen LogP contribution in [-0.2, 0) is 9.53 Å². The fraction of sp³-hybridized carbons (Fsp3) is 0.286. The smallest absolute Gasteiger partial charge is 0.337 e. The highest BCUT2D eigenvalue weighted by Gasteiger charge is 2.31. The van der Waals surface area contributed by atoms with Crippen LogP contribution in [0.25, 0.3) is 0 Å². The minimum absolute atomic E-state index is 0.0538. The number of anilines is 2. The van der Waals surface area contributed by atoms with Crippen LogP contribution in [0.4, 0.5) is 16.2 Å². The Morgan fingerprint density at radius 3 is 2.41 bits per heavy atom. The minimum Gasteiger partial charge on any atom is -0.494 e. The monoisotopic (exact) mass is 397 g/mol. The van der Waals surface area contributed by atoms with Gasteiger partial charge in [-0.25, -0.2) is 9.59 Å². The van der Waals surface area contributed by atoms with Crippen molar-refractivity contribution < 1.29 is 23.9 Å². The van der Waals surface area contributed by atoms with Gasteiger partial charge >= 0.3 is 12.0 Å². The Balaban J connectivity index is 1.55. The lowest BCUT2D eigenvalue weighted by molar-refractivity contribution is -0.117. The second kappa shape index (κ2) is 9.09. The number of amides is 3. The summed E-state index contributed by atoms with van der Waals surface area (Å²) in [5.41, 5.74) is 1.69. The summed E-state index contributed by atoms with van der Waals surface area (Å²) in [6, 6.07) is 12.9. The zero-order chi connectivity index (χ0) is 20.8. The molecule has 0 radical (unpaired) electrons. The number of hydrogen-bond acceptors (Lipinski definition) is 5. The molecule has 8 heteroatoms. The van der Waals surface area contributed by atoms with Crippen molar-refractivity contribution in [3.05, 3.63) is 54.1 Å². The Hall–Kier alpha value is -3.55. The van der Waals surface area contributed by atoms with Crippen LogP contribution >= 0.6 is 0 Å². The summed E-state index contributed by atoms with van der Waals surface area (Å²) in [5, 5.41) is 5.50. The van der Waals surface area contributed by atoms with E-state index in [2.05, 4.69) is 15.4 Å². The summed E-state index contributed by atoms with van der Waals surface area (Å²) in [6.45, 7) is 2.88. The van der Waals surface area contributed by atoms with Crippen molar-refractivity contribution in [3.63, 3.8) is 0 Å². The number of ether oxygens (including phenoxy) is 2. The first-order valence-electron chi connectivity index (χ1n) is 9.29. The molecule has 1 aliphatic rings. The van der Waals surface area contributed by atoms with Crippen LogP contribution in [0.3, 0.4) is 0 Å². The molecule has 3 amide bonds. The van der Waals surface area contributed by atoms with Gasteiger partial charge in [0.05, 0.1) is 25.3 Å². The maximum Gasteiger partial charge on any atom is 0.337 e. The van der Waals surface area contributed by atoms with Gasteiger partial charge in [0.15, 0.2) is 0 Å². The van der Waals surface area contributed by atoms with E-state index in [-0.39, 0.29) is 18.4 Å². The molecule has 29 heavy (non-hydrogen) atoms. The van der Waals surface area contributed by atoms with Crippen LogP contribution in [0.15, 0.2) is 48.5 Å². The van der Waals surface area contributed by atoms with E-state index in [1.807, 2.05) is 31.2 Å². The maximum atomic E-state index is 12.3. The molecule has 0 saturated carbocycles. The van der Waals surface area contributed by atoms with Crippen LogP contribution in [0, 0.1) is 0 Å². The molecule has 3 rings (SSSR count). The summed E-state index contributed by atoms with van der Waals surface area (Å²) in [5.74, 6) is 0.247. The second-order valence-electron chi connectivity index (χ2n) is 6.50. The highest BCUT2D eigenvalue weighted by Crippen LogP contribution is 2.24. The van der Waals surface area contributed by atoms with E-state index in [0.29, 0.717) is 24.4 Å². The molecule has 152 valence electrons. The summed E-state index contributed by atoms with van der Waals surface area (Å²) in [6.07, 6.45) is 0.224.